The second kappa shape index (κ2) is 8.83. The summed E-state index contributed by atoms with van der Waals surface area (Å²) < 4.78 is 0.539. The number of thiophene rings is 1. The van der Waals surface area contributed by atoms with Crippen LogP contribution in [0, 0.1) is 0 Å². The van der Waals surface area contributed by atoms with Crippen molar-refractivity contribution in [1.29, 1.82) is 0 Å². The Morgan fingerprint density at radius 3 is 2.46 bits per heavy atom. The summed E-state index contributed by atoms with van der Waals surface area (Å²) in [6, 6.07) is 12.7. The molecule has 1 N–H and O–H groups in total. The molecule has 6 heteroatoms. The topological polar surface area (TPSA) is 24.8 Å². The van der Waals surface area contributed by atoms with E-state index < -0.39 is 0 Å². The highest BCUT2D eigenvalue weighted by Crippen LogP contribution is 2.43. The Labute approximate surface area is 168 Å². The SMILES string of the molecule is O=C(c1ccc(C2SCCCS2)cc1)N1CC[NH+](Cc2cccs2)CC1. The molecule has 3 nitrogen and oxygen atoms in total. The Balaban J connectivity index is 1.31. The first-order chi connectivity index (χ1) is 12.8. The normalized spacial score (nSPS) is 19.6. The third-order valence-corrected chi connectivity index (χ3v) is 8.91. The summed E-state index contributed by atoms with van der Waals surface area (Å²) >= 11 is 5.88. The fraction of sp³-hybridized carbons (Fsp3) is 0.450. The smallest absolute Gasteiger partial charge is 0.254 e. The van der Waals surface area contributed by atoms with Gasteiger partial charge in [0.1, 0.15) is 6.54 Å². The zero-order valence-electron chi connectivity index (χ0n) is 14.9. The lowest BCUT2D eigenvalue weighted by Crippen LogP contribution is -3.13. The molecule has 26 heavy (non-hydrogen) atoms. The Bertz CT molecular complexity index is 703. The van der Waals surface area contributed by atoms with Gasteiger partial charge in [0.15, 0.2) is 0 Å². The number of nitrogens with one attached hydrogen (secondary N) is 1. The molecule has 0 saturated carbocycles. The number of hydrogen-bond donors (Lipinski definition) is 1. The molecule has 0 atom stereocenters. The fourth-order valence-corrected chi connectivity index (χ4v) is 7.18. The standard InChI is InChI=1S/C20H24N2OS3/c23-19(16-4-6-17(7-5-16)20-25-13-2-14-26-20)22-10-8-21(9-11-22)15-18-3-1-12-24-18/h1,3-7,12,20H,2,8-11,13-15H2/p+1. The number of piperazine rings is 1. The molecule has 4 rings (SSSR count). The fourth-order valence-electron chi connectivity index (χ4n) is 3.51. The van der Waals surface area contributed by atoms with Crippen molar-refractivity contribution in [3.05, 3.63) is 57.8 Å². The van der Waals surface area contributed by atoms with Crippen LogP contribution in [0.15, 0.2) is 41.8 Å². The number of hydrogen-bond acceptors (Lipinski definition) is 4. The number of thioether (sulfide) groups is 2. The highest BCUT2D eigenvalue weighted by molar-refractivity contribution is 8.16. The second-order valence-electron chi connectivity index (χ2n) is 6.85. The van der Waals surface area contributed by atoms with E-state index in [0.717, 1.165) is 38.3 Å². The Morgan fingerprint density at radius 1 is 1.08 bits per heavy atom. The number of nitrogens with zero attached hydrogens (tertiary/aromatic N) is 1. The summed E-state index contributed by atoms with van der Waals surface area (Å²) in [5.41, 5.74) is 2.18. The molecule has 3 heterocycles. The van der Waals surface area contributed by atoms with E-state index in [-0.39, 0.29) is 5.91 Å². The maximum Gasteiger partial charge on any atom is 0.254 e. The van der Waals surface area contributed by atoms with Crippen LogP contribution < -0.4 is 4.90 Å². The highest BCUT2D eigenvalue weighted by Gasteiger charge is 2.25. The lowest BCUT2D eigenvalue weighted by molar-refractivity contribution is -0.917. The lowest BCUT2D eigenvalue weighted by atomic mass is 10.1. The van der Waals surface area contributed by atoms with Crippen molar-refractivity contribution < 1.29 is 9.69 Å². The molecule has 2 saturated heterocycles. The first kappa shape index (κ1) is 18.4. The minimum atomic E-state index is 0.190. The molecule has 2 aliphatic heterocycles. The number of carbonyl (C=O) groups excluding carboxylic acids is 1. The highest BCUT2D eigenvalue weighted by atomic mass is 32.2. The van der Waals surface area contributed by atoms with Crippen LogP contribution in [0.3, 0.4) is 0 Å². The number of amides is 1. The van der Waals surface area contributed by atoms with Gasteiger partial charge in [0.25, 0.3) is 5.91 Å². The van der Waals surface area contributed by atoms with Crippen molar-refractivity contribution in [2.45, 2.75) is 17.5 Å². The van der Waals surface area contributed by atoms with Gasteiger partial charge in [0.2, 0.25) is 0 Å². The molecule has 0 unspecified atom stereocenters. The minimum absolute atomic E-state index is 0.190. The molecule has 0 bridgehead atoms. The van der Waals surface area contributed by atoms with Crippen molar-refractivity contribution in [1.82, 2.24) is 4.90 Å². The van der Waals surface area contributed by atoms with Crippen LogP contribution in [0.2, 0.25) is 0 Å². The van der Waals surface area contributed by atoms with Gasteiger partial charge in [-0.1, -0.05) is 18.2 Å². The van der Waals surface area contributed by atoms with Crippen molar-refractivity contribution in [2.24, 2.45) is 0 Å². The molecule has 1 amide bonds. The predicted octanol–water partition coefficient (Wildman–Crippen LogP) is 3.16. The zero-order valence-corrected chi connectivity index (χ0v) is 17.3. The van der Waals surface area contributed by atoms with E-state index in [1.54, 1.807) is 4.90 Å². The first-order valence-corrected chi connectivity index (χ1v) is 12.3. The van der Waals surface area contributed by atoms with E-state index in [2.05, 4.69) is 29.6 Å². The van der Waals surface area contributed by atoms with Crippen LogP contribution in [-0.2, 0) is 6.54 Å². The van der Waals surface area contributed by atoms with Gasteiger partial charge < -0.3 is 9.80 Å². The Morgan fingerprint density at radius 2 is 1.81 bits per heavy atom. The van der Waals surface area contributed by atoms with Crippen molar-refractivity contribution >= 4 is 40.8 Å². The molecular formula is C20H25N2OS3+. The van der Waals surface area contributed by atoms with Gasteiger partial charge >= 0.3 is 0 Å². The molecule has 2 aliphatic rings. The summed E-state index contributed by atoms with van der Waals surface area (Å²) in [5, 5.41) is 2.14. The van der Waals surface area contributed by atoms with Gasteiger partial charge in [0, 0.05) is 5.56 Å². The van der Waals surface area contributed by atoms with Gasteiger partial charge in [-0.3, -0.25) is 4.79 Å². The molecule has 138 valence electrons. The number of quaternary nitrogens is 1. The van der Waals surface area contributed by atoms with E-state index >= 15 is 0 Å². The number of rotatable bonds is 4. The van der Waals surface area contributed by atoms with Crippen LogP contribution in [0.25, 0.3) is 0 Å². The molecule has 2 fully saturated rings. The average Bonchev–Trinajstić information content (AvgIpc) is 3.22. The molecule has 0 aliphatic carbocycles. The van der Waals surface area contributed by atoms with Crippen molar-refractivity contribution in [2.75, 3.05) is 37.7 Å². The van der Waals surface area contributed by atoms with Crippen LogP contribution in [0.4, 0.5) is 0 Å². The summed E-state index contributed by atoms with van der Waals surface area (Å²) in [6.45, 7) is 4.88. The van der Waals surface area contributed by atoms with E-state index in [9.17, 15) is 4.79 Å². The molecule has 0 radical (unpaired) electrons. The third-order valence-electron chi connectivity index (χ3n) is 5.02. The van der Waals surface area contributed by atoms with E-state index in [1.807, 2.05) is 51.9 Å². The first-order valence-electron chi connectivity index (χ1n) is 9.28. The second-order valence-corrected chi connectivity index (χ2v) is 10.6. The monoisotopic (exact) mass is 405 g/mol. The van der Waals surface area contributed by atoms with E-state index in [1.165, 1.54) is 28.4 Å². The zero-order chi connectivity index (χ0) is 17.8. The van der Waals surface area contributed by atoms with Crippen LogP contribution in [0.1, 0.15) is 31.8 Å². The van der Waals surface area contributed by atoms with Crippen LogP contribution in [0.5, 0.6) is 0 Å². The third kappa shape index (κ3) is 4.47. The number of carbonyl (C=O) groups is 1. The van der Waals surface area contributed by atoms with Crippen molar-refractivity contribution in [3.8, 4) is 0 Å². The molecule has 1 aromatic heterocycles. The van der Waals surface area contributed by atoms with Crippen LogP contribution in [-0.4, -0.2) is 48.5 Å². The van der Waals surface area contributed by atoms with Gasteiger partial charge in [-0.2, -0.15) is 0 Å². The van der Waals surface area contributed by atoms with E-state index in [4.69, 9.17) is 0 Å². The van der Waals surface area contributed by atoms with Gasteiger partial charge in [-0.05, 0) is 47.1 Å². The predicted molar refractivity (Wildman–Crippen MR) is 113 cm³/mol. The molecule has 2 aromatic rings. The summed E-state index contributed by atoms with van der Waals surface area (Å²) in [4.78, 5) is 17.9. The minimum Gasteiger partial charge on any atom is -0.328 e. The largest absolute Gasteiger partial charge is 0.328 e. The summed E-state index contributed by atoms with van der Waals surface area (Å²) in [7, 11) is 0. The summed E-state index contributed by atoms with van der Waals surface area (Å²) in [5.74, 6) is 2.68. The molecular weight excluding hydrogens is 380 g/mol. The Kier molecular flexibility index (Phi) is 6.25. The molecule has 1 aromatic carbocycles. The average molecular weight is 406 g/mol. The Hall–Kier alpha value is -0.950. The molecule has 0 spiro atoms. The summed E-state index contributed by atoms with van der Waals surface area (Å²) in [6.07, 6.45) is 1.31. The van der Waals surface area contributed by atoms with Gasteiger partial charge in [-0.15, -0.1) is 34.9 Å². The van der Waals surface area contributed by atoms with Crippen molar-refractivity contribution in [3.63, 3.8) is 0 Å². The maximum absolute atomic E-state index is 12.8. The maximum atomic E-state index is 12.8. The quantitative estimate of drug-likeness (QED) is 0.846. The van der Waals surface area contributed by atoms with Crippen LogP contribution >= 0.6 is 34.9 Å². The van der Waals surface area contributed by atoms with Gasteiger partial charge in [-0.25, -0.2) is 0 Å². The van der Waals surface area contributed by atoms with Gasteiger partial charge in [0.05, 0.1) is 35.6 Å². The lowest BCUT2D eigenvalue weighted by Gasteiger charge is -2.32. The van der Waals surface area contributed by atoms with E-state index in [0.29, 0.717) is 4.58 Å². The number of benzene rings is 1.